The van der Waals surface area contributed by atoms with Gasteiger partial charge in [0.25, 0.3) is 0 Å². The van der Waals surface area contributed by atoms with Gasteiger partial charge in [-0.15, -0.1) is 0 Å². The van der Waals surface area contributed by atoms with E-state index in [0.717, 1.165) is 12.8 Å². The third-order valence-corrected chi connectivity index (χ3v) is 3.07. The zero-order valence-corrected chi connectivity index (χ0v) is 11.3. The van der Waals surface area contributed by atoms with E-state index < -0.39 is 0 Å². The molecule has 0 saturated heterocycles. The second kappa shape index (κ2) is 6.43. The number of carbonyl (C=O) groups excluding carboxylic acids is 1. The molecule has 0 fully saturated rings. The highest BCUT2D eigenvalue weighted by atomic mass is 16.5. The molecule has 94 valence electrons. The lowest BCUT2D eigenvalue weighted by Gasteiger charge is -2.09. The van der Waals surface area contributed by atoms with E-state index in [4.69, 9.17) is 4.74 Å². The highest BCUT2D eigenvalue weighted by Gasteiger charge is 2.05. The summed E-state index contributed by atoms with van der Waals surface area (Å²) >= 11 is 0. The molecular formula is C15H22O2. The molecule has 1 aromatic rings. The Hall–Kier alpha value is -1.31. The molecule has 0 aromatic heterocycles. The second-order valence-corrected chi connectivity index (χ2v) is 4.58. The Morgan fingerprint density at radius 1 is 1.18 bits per heavy atom. The molecule has 0 saturated carbocycles. The average molecular weight is 234 g/mol. The molecule has 0 aliphatic heterocycles. The van der Waals surface area contributed by atoms with Crippen LogP contribution in [0.15, 0.2) is 12.1 Å². The minimum Gasteiger partial charge on any atom is -0.466 e. The largest absolute Gasteiger partial charge is 0.466 e. The monoisotopic (exact) mass is 234 g/mol. The maximum Gasteiger partial charge on any atom is 0.306 e. The van der Waals surface area contributed by atoms with Gasteiger partial charge in [-0.25, -0.2) is 0 Å². The highest BCUT2D eigenvalue weighted by Crippen LogP contribution is 2.16. The predicted octanol–water partition coefficient (Wildman–Crippen LogP) is 3.50. The molecule has 1 aromatic carbocycles. The summed E-state index contributed by atoms with van der Waals surface area (Å²) in [5, 5.41) is 0. The van der Waals surface area contributed by atoms with E-state index in [1.54, 1.807) is 0 Å². The molecule has 2 nitrogen and oxygen atoms in total. The molecule has 0 spiro atoms. The summed E-state index contributed by atoms with van der Waals surface area (Å²) in [5.74, 6) is -0.0947. The van der Waals surface area contributed by atoms with Gasteiger partial charge in [-0.1, -0.05) is 19.1 Å². The normalized spacial score (nSPS) is 10.4. The predicted molar refractivity (Wildman–Crippen MR) is 70.2 cm³/mol. The van der Waals surface area contributed by atoms with Crippen LogP contribution in [-0.2, 0) is 16.0 Å². The van der Waals surface area contributed by atoms with Crippen LogP contribution in [-0.4, -0.2) is 12.6 Å². The Labute approximate surface area is 104 Å². The van der Waals surface area contributed by atoms with Crippen LogP contribution in [0.4, 0.5) is 0 Å². The smallest absolute Gasteiger partial charge is 0.306 e. The van der Waals surface area contributed by atoms with Crippen molar-refractivity contribution in [2.45, 2.75) is 47.0 Å². The van der Waals surface area contributed by atoms with Crippen LogP contribution in [0.2, 0.25) is 0 Å². The molecule has 0 bridgehead atoms. The molecular weight excluding hydrogens is 212 g/mol. The maximum absolute atomic E-state index is 11.4. The van der Waals surface area contributed by atoms with E-state index in [9.17, 15) is 4.79 Å². The van der Waals surface area contributed by atoms with Crippen LogP contribution in [0.5, 0.6) is 0 Å². The van der Waals surface area contributed by atoms with E-state index in [1.165, 1.54) is 22.3 Å². The molecule has 0 unspecified atom stereocenters. The number of esters is 1. The maximum atomic E-state index is 11.4. The first-order chi connectivity index (χ1) is 8.04. The summed E-state index contributed by atoms with van der Waals surface area (Å²) in [6.07, 6.45) is 2.13. The van der Waals surface area contributed by atoms with Crippen molar-refractivity contribution in [3.63, 3.8) is 0 Å². The van der Waals surface area contributed by atoms with E-state index in [0.29, 0.717) is 13.0 Å². The number of aryl methyl sites for hydroxylation is 3. The molecule has 1 rings (SSSR count). The van der Waals surface area contributed by atoms with Crippen molar-refractivity contribution >= 4 is 5.97 Å². The summed E-state index contributed by atoms with van der Waals surface area (Å²) in [6, 6.07) is 4.32. The van der Waals surface area contributed by atoms with Gasteiger partial charge in [0.1, 0.15) is 0 Å². The van der Waals surface area contributed by atoms with Gasteiger partial charge in [0, 0.05) is 6.42 Å². The SMILES string of the molecule is CCCOC(=O)CCc1cc(C)c(C)c(C)c1. The standard InChI is InChI=1S/C15H22O2/c1-5-8-17-15(16)7-6-14-9-11(2)13(4)12(3)10-14/h9-10H,5-8H2,1-4H3. The fraction of sp³-hybridized carbons (Fsp3) is 0.533. The van der Waals surface area contributed by atoms with Crippen LogP contribution >= 0.6 is 0 Å². The molecule has 0 amide bonds. The zero-order valence-electron chi connectivity index (χ0n) is 11.3. The Morgan fingerprint density at radius 2 is 1.76 bits per heavy atom. The average Bonchev–Trinajstić information content (AvgIpc) is 2.30. The lowest BCUT2D eigenvalue weighted by atomic mass is 9.98. The van der Waals surface area contributed by atoms with Crippen molar-refractivity contribution in [2.75, 3.05) is 6.61 Å². The third-order valence-electron chi connectivity index (χ3n) is 3.07. The Morgan fingerprint density at radius 3 is 2.29 bits per heavy atom. The first kappa shape index (κ1) is 13.8. The quantitative estimate of drug-likeness (QED) is 0.729. The van der Waals surface area contributed by atoms with Gasteiger partial charge in [-0.2, -0.15) is 0 Å². The number of rotatable bonds is 5. The fourth-order valence-electron chi connectivity index (χ4n) is 1.80. The van der Waals surface area contributed by atoms with Crippen LogP contribution < -0.4 is 0 Å². The van der Waals surface area contributed by atoms with Gasteiger partial charge >= 0.3 is 5.97 Å². The number of hydrogen-bond donors (Lipinski definition) is 0. The lowest BCUT2D eigenvalue weighted by Crippen LogP contribution is -2.06. The van der Waals surface area contributed by atoms with Crippen molar-refractivity contribution < 1.29 is 9.53 Å². The Balaban J connectivity index is 2.55. The van der Waals surface area contributed by atoms with Crippen molar-refractivity contribution in [3.05, 3.63) is 34.4 Å². The summed E-state index contributed by atoms with van der Waals surface area (Å²) in [7, 11) is 0. The Bertz CT molecular complexity index is 371. The molecule has 17 heavy (non-hydrogen) atoms. The van der Waals surface area contributed by atoms with Gasteiger partial charge in [0.2, 0.25) is 0 Å². The van der Waals surface area contributed by atoms with Gasteiger partial charge in [-0.3, -0.25) is 4.79 Å². The Kier molecular flexibility index (Phi) is 5.20. The van der Waals surface area contributed by atoms with E-state index in [1.807, 2.05) is 6.92 Å². The van der Waals surface area contributed by atoms with Gasteiger partial charge < -0.3 is 4.74 Å². The molecule has 2 heteroatoms. The van der Waals surface area contributed by atoms with Crippen LogP contribution in [0.1, 0.15) is 42.0 Å². The molecule has 0 heterocycles. The lowest BCUT2D eigenvalue weighted by molar-refractivity contribution is -0.143. The molecule has 0 aliphatic carbocycles. The zero-order chi connectivity index (χ0) is 12.8. The van der Waals surface area contributed by atoms with E-state index in [2.05, 4.69) is 32.9 Å². The molecule has 0 radical (unpaired) electrons. The summed E-state index contributed by atoms with van der Waals surface area (Å²) < 4.78 is 5.06. The second-order valence-electron chi connectivity index (χ2n) is 4.58. The number of hydrogen-bond acceptors (Lipinski definition) is 2. The van der Waals surface area contributed by atoms with E-state index >= 15 is 0 Å². The number of benzene rings is 1. The summed E-state index contributed by atoms with van der Waals surface area (Å²) in [5.41, 5.74) is 5.14. The number of carbonyl (C=O) groups is 1. The van der Waals surface area contributed by atoms with Gasteiger partial charge in [0.15, 0.2) is 0 Å². The van der Waals surface area contributed by atoms with Crippen LogP contribution in [0.3, 0.4) is 0 Å². The third kappa shape index (κ3) is 4.22. The van der Waals surface area contributed by atoms with Crippen LogP contribution in [0, 0.1) is 20.8 Å². The number of ether oxygens (including phenoxy) is 1. The molecule has 0 atom stereocenters. The summed E-state index contributed by atoms with van der Waals surface area (Å²) in [4.78, 5) is 11.4. The minimum absolute atomic E-state index is 0.0947. The highest BCUT2D eigenvalue weighted by molar-refractivity contribution is 5.69. The van der Waals surface area contributed by atoms with Gasteiger partial charge in [-0.05, 0) is 55.9 Å². The van der Waals surface area contributed by atoms with Crippen molar-refractivity contribution in [3.8, 4) is 0 Å². The minimum atomic E-state index is -0.0947. The first-order valence-corrected chi connectivity index (χ1v) is 6.27. The summed E-state index contributed by atoms with van der Waals surface area (Å²) in [6.45, 7) is 8.89. The van der Waals surface area contributed by atoms with Crippen molar-refractivity contribution in [2.24, 2.45) is 0 Å². The van der Waals surface area contributed by atoms with E-state index in [-0.39, 0.29) is 5.97 Å². The fourth-order valence-corrected chi connectivity index (χ4v) is 1.80. The topological polar surface area (TPSA) is 26.3 Å². The van der Waals surface area contributed by atoms with Crippen LogP contribution in [0.25, 0.3) is 0 Å². The van der Waals surface area contributed by atoms with Gasteiger partial charge in [0.05, 0.1) is 6.61 Å². The molecule has 0 N–H and O–H groups in total. The van der Waals surface area contributed by atoms with Crippen molar-refractivity contribution in [1.29, 1.82) is 0 Å². The first-order valence-electron chi connectivity index (χ1n) is 6.27. The van der Waals surface area contributed by atoms with Crippen molar-refractivity contribution in [1.82, 2.24) is 0 Å². The molecule has 0 aliphatic rings.